The lowest BCUT2D eigenvalue weighted by molar-refractivity contribution is 0.0776. The molecule has 0 saturated carbocycles. The second-order valence-electron chi connectivity index (χ2n) is 5.22. The van der Waals surface area contributed by atoms with Crippen molar-refractivity contribution in [2.45, 2.75) is 13.1 Å². The third kappa shape index (κ3) is 3.16. The summed E-state index contributed by atoms with van der Waals surface area (Å²) in [6.07, 6.45) is 3.42. The lowest BCUT2D eigenvalue weighted by Crippen LogP contribution is -2.47. The van der Waals surface area contributed by atoms with Gasteiger partial charge in [-0.3, -0.25) is 9.58 Å². The Kier molecular flexibility index (Phi) is 3.72. The van der Waals surface area contributed by atoms with E-state index >= 15 is 0 Å². The van der Waals surface area contributed by atoms with E-state index in [4.69, 9.17) is 11.6 Å². The maximum Gasteiger partial charge on any atom is 0.126 e. The monoisotopic (exact) mass is 297 g/mol. The summed E-state index contributed by atoms with van der Waals surface area (Å²) in [6.45, 7) is 3.19. The zero-order chi connectivity index (χ0) is 14.1. The lowest BCUT2D eigenvalue weighted by atomic mass is 9.99. The second kappa shape index (κ2) is 5.50. The van der Waals surface area contributed by atoms with Crippen LogP contribution in [0.25, 0.3) is 0 Å². The van der Waals surface area contributed by atoms with Crippen LogP contribution in [0.5, 0.6) is 0 Å². The Morgan fingerprint density at radius 2 is 1.90 bits per heavy atom. The van der Waals surface area contributed by atoms with Crippen molar-refractivity contribution in [2.24, 2.45) is 5.92 Å². The smallest absolute Gasteiger partial charge is 0.126 e. The summed E-state index contributed by atoms with van der Waals surface area (Å²) in [7, 11) is 0. The van der Waals surface area contributed by atoms with Crippen LogP contribution in [-0.4, -0.2) is 27.8 Å². The van der Waals surface area contributed by atoms with Crippen LogP contribution in [0, 0.1) is 17.6 Å². The highest BCUT2D eigenvalue weighted by atomic mass is 35.5. The fourth-order valence-electron chi connectivity index (χ4n) is 2.58. The summed E-state index contributed by atoms with van der Waals surface area (Å²) in [4.78, 5) is 2.16. The van der Waals surface area contributed by atoms with Gasteiger partial charge < -0.3 is 0 Å². The normalized spacial score (nSPS) is 16.4. The number of hydrogen-bond donors (Lipinski definition) is 0. The Morgan fingerprint density at radius 1 is 1.20 bits per heavy atom. The summed E-state index contributed by atoms with van der Waals surface area (Å²) in [6, 6.07) is 3.65. The molecule has 0 spiro atoms. The summed E-state index contributed by atoms with van der Waals surface area (Å²) in [5, 5.41) is 4.77. The van der Waals surface area contributed by atoms with Gasteiger partial charge in [-0.25, -0.2) is 8.78 Å². The van der Waals surface area contributed by atoms with Crippen molar-refractivity contribution in [3.63, 3.8) is 0 Å². The largest absolute Gasteiger partial charge is 0.298 e. The fourth-order valence-corrected chi connectivity index (χ4v) is 2.74. The molecule has 20 heavy (non-hydrogen) atoms. The maximum atomic E-state index is 13.1. The van der Waals surface area contributed by atoms with Crippen molar-refractivity contribution in [1.29, 1.82) is 0 Å². The van der Waals surface area contributed by atoms with Gasteiger partial charge in [-0.15, -0.1) is 0 Å². The first-order valence-corrected chi connectivity index (χ1v) is 6.81. The van der Waals surface area contributed by atoms with Gasteiger partial charge in [0.15, 0.2) is 0 Å². The molecule has 6 heteroatoms. The van der Waals surface area contributed by atoms with Crippen molar-refractivity contribution in [1.82, 2.24) is 14.7 Å². The zero-order valence-electron chi connectivity index (χ0n) is 10.8. The molecule has 106 valence electrons. The molecule has 1 aliphatic rings. The van der Waals surface area contributed by atoms with Gasteiger partial charge in [0.2, 0.25) is 0 Å². The third-order valence-electron chi connectivity index (χ3n) is 3.41. The van der Waals surface area contributed by atoms with Gasteiger partial charge in [0.05, 0.1) is 11.2 Å². The van der Waals surface area contributed by atoms with Crippen LogP contribution in [0.1, 0.15) is 5.56 Å². The molecule has 0 unspecified atom stereocenters. The van der Waals surface area contributed by atoms with Gasteiger partial charge >= 0.3 is 0 Å². The van der Waals surface area contributed by atoms with E-state index in [1.54, 1.807) is 12.4 Å². The number of aromatic nitrogens is 2. The van der Waals surface area contributed by atoms with Crippen LogP contribution in [-0.2, 0) is 13.1 Å². The van der Waals surface area contributed by atoms with E-state index in [1.165, 1.54) is 12.1 Å². The molecule has 0 N–H and O–H groups in total. The molecule has 0 amide bonds. The first-order chi connectivity index (χ1) is 9.58. The minimum Gasteiger partial charge on any atom is -0.298 e. The van der Waals surface area contributed by atoms with Crippen molar-refractivity contribution < 1.29 is 8.78 Å². The van der Waals surface area contributed by atoms with Crippen LogP contribution in [0.15, 0.2) is 30.6 Å². The zero-order valence-corrected chi connectivity index (χ0v) is 11.5. The van der Waals surface area contributed by atoms with E-state index in [9.17, 15) is 8.78 Å². The summed E-state index contributed by atoms with van der Waals surface area (Å²) < 4.78 is 28.0. The highest BCUT2D eigenvalue weighted by Crippen LogP contribution is 2.21. The van der Waals surface area contributed by atoms with E-state index in [0.29, 0.717) is 23.0 Å². The minimum atomic E-state index is -0.525. The first kappa shape index (κ1) is 13.5. The first-order valence-electron chi connectivity index (χ1n) is 6.44. The lowest BCUT2D eigenvalue weighted by Gasteiger charge is -2.39. The number of benzene rings is 1. The Labute approximate surface area is 120 Å². The molecule has 0 atom stereocenters. The van der Waals surface area contributed by atoms with Crippen LogP contribution in [0.3, 0.4) is 0 Å². The molecule has 1 saturated heterocycles. The van der Waals surface area contributed by atoms with Gasteiger partial charge in [0, 0.05) is 44.4 Å². The third-order valence-corrected chi connectivity index (χ3v) is 3.60. The topological polar surface area (TPSA) is 21.1 Å². The number of nitrogens with zero attached hydrogens (tertiary/aromatic N) is 3. The van der Waals surface area contributed by atoms with Crippen molar-refractivity contribution in [3.8, 4) is 0 Å². The Hall–Kier alpha value is -1.46. The van der Waals surface area contributed by atoms with E-state index in [-0.39, 0.29) is 0 Å². The van der Waals surface area contributed by atoms with Gasteiger partial charge in [0.1, 0.15) is 11.6 Å². The van der Waals surface area contributed by atoms with E-state index in [1.807, 2.05) is 4.68 Å². The van der Waals surface area contributed by atoms with Crippen molar-refractivity contribution >= 4 is 11.6 Å². The highest BCUT2D eigenvalue weighted by Gasteiger charge is 2.27. The molecule has 3 nitrogen and oxygen atoms in total. The van der Waals surface area contributed by atoms with Gasteiger partial charge in [0.25, 0.3) is 0 Å². The van der Waals surface area contributed by atoms with Gasteiger partial charge in [-0.05, 0) is 17.7 Å². The number of likely N-dealkylation sites (tertiary alicyclic amines) is 1. The number of halogens is 3. The molecule has 0 bridgehead atoms. The average molecular weight is 298 g/mol. The quantitative estimate of drug-likeness (QED) is 0.865. The molecule has 1 aliphatic heterocycles. The average Bonchev–Trinajstić information content (AvgIpc) is 2.71. The highest BCUT2D eigenvalue weighted by molar-refractivity contribution is 6.30. The predicted molar refractivity (Wildman–Crippen MR) is 72.4 cm³/mol. The number of hydrogen-bond acceptors (Lipinski definition) is 2. The summed E-state index contributed by atoms with van der Waals surface area (Å²) in [5.41, 5.74) is 0.670. The Balaban J connectivity index is 1.50. The summed E-state index contributed by atoms with van der Waals surface area (Å²) >= 11 is 5.81. The van der Waals surface area contributed by atoms with Crippen LogP contribution in [0.4, 0.5) is 8.78 Å². The molecule has 1 aromatic carbocycles. The molecule has 0 aliphatic carbocycles. The molecule has 2 aromatic rings. The molecule has 1 aromatic heterocycles. The van der Waals surface area contributed by atoms with E-state index < -0.39 is 11.6 Å². The summed E-state index contributed by atoms with van der Waals surface area (Å²) in [5.74, 6) is -0.545. The minimum absolute atomic E-state index is 0.504. The van der Waals surface area contributed by atoms with Crippen LogP contribution in [0.2, 0.25) is 5.02 Å². The van der Waals surface area contributed by atoms with Crippen molar-refractivity contribution in [2.75, 3.05) is 13.1 Å². The molecule has 0 radical (unpaired) electrons. The van der Waals surface area contributed by atoms with E-state index in [2.05, 4.69) is 10.00 Å². The SMILES string of the molecule is Fc1cc(F)cc(CN2CC(Cn3cc(Cl)cn3)C2)c1. The van der Waals surface area contributed by atoms with Gasteiger partial charge in [-0.2, -0.15) is 5.10 Å². The Morgan fingerprint density at radius 3 is 2.50 bits per heavy atom. The van der Waals surface area contributed by atoms with Crippen molar-refractivity contribution in [3.05, 3.63) is 52.8 Å². The molecule has 1 fully saturated rings. The van der Waals surface area contributed by atoms with Crippen LogP contribution < -0.4 is 0 Å². The Bertz CT molecular complexity index is 588. The maximum absolute atomic E-state index is 13.1. The molecular weight excluding hydrogens is 284 g/mol. The molecular formula is C14H14ClF2N3. The number of rotatable bonds is 4. The fraction of sp³-hybridized carbons (Fsp3) is 0.357. The second-order valence-corrected chi connectivity index (χ2v) is 5.65. The standard InChI is InChI=1S/C14H14ClF2N3/c15-12-4-18-20(9-12)8-11-6-19(7-11)5-10-1-13(16)3-14(17)2-10/h1-4,9,11H,5-8H2. The van der Waals surface area contributed by atoms with Crippen LogP contribution >= 0.6 is 11.6 Å². The predicted octanol–water partition coefficient (Wildman–Crippen LogP) is 2.95. The van der Waals surface area contributed by atoms with Gasteiger partial charge in [-0.1, -0.05) is 11.6 Å². The van der Waals surface area contributed by atoms with E-state index in [0.717, 1.165) is 25.7 Å². The molecule has 2 heterocycles. The molecule has 3 rings (SSSR count).